The summed E-state index contributed by atoms with van der Waals surface area (Å²) in [7, 11) is 1.72. The molecule has 3 heterocycles. The highest BCUT2D eigenvalue weighted by Gasteiger charge is 2.36. The lowest BCUT2D eigenvalue weighted by Gasteiger charge is -2.41. The summed E-state index contributed by atoms with van der Waals surface area (Å²) < 4.78 is 13.5. The summed E-state index contributed by atoms with van der Waals surface area (Å²) in [5.74, 6) is 0.950. The number of fused-ring (bicyclic) bond motifs is 3. The van der Waals surface area contributed by atoms with Gasteiger partial charge in [-0.25, -0.2) is 4.68 Å². The third-order valence-corrected chi connectivity index (χ3v) is 4.60. The summed E-state index contributed by atoms with van der Waals surface area (Å²) in [5.41, 5.74) is 2.29. The van der Waals surface area contributed by atoms with Crippen LogP contribution in [0.1, 0.15) is 23.7 Å². The molecule has 0 aliphatic carbocycles. The van der Waals surface area contributed by atoms with E-state index in [1.807, 2.05) is 16.8 Å². The van der Waals surface area contributed by atoms with Gasteiger partial charge in [-0.05, 0) is 12.5 Å². The first-order chi connectivity index (χ1) is 10.8. The Kier molecular flexibility index (Phi) is 3.56. The van der Waals surface area contributed by atoms with E-state index in [2.05, 4.69) is 27.3 Å². The average Bonchev–Trinajstić information content (AvgIpc) is 3.04. The minimum Gasteiger partial charge on any atom is -0.496 e. The van der Waals surface area contributed by atoms with Crippen molar-refractivity contribution in [3.63, 3.8) is 0 Å². The number of aromatic nitrogens is 3. The number of benzene rings is 1. The van der Waals surface area contributed by atoms with Gasteiger partial charge in [0.15, 0.2) is 0 Å². The topological polar surface area (TPSA) is 52.4 Å². The Hall–Kier alpha value is -1.92. The van der Waals surface area contributed by atoms with Crippen LogP contribution in [-0.4, -0.2) is 46.2 Å². The number of methoxy groups -OCH3 is 1. The molecule has 22 heavy (non-hydrogen) atoms. The summed E-state index contributed by atoms with van der Waals surface area (Å²) in [6.07, 6.45) is 3.08. The maximum Gasteiger partial charge on any atom is 0.123 e. The fraction of sp³-hybridized carbons (Fsp3) is 0.500. The van der Waals surface area contributed by atoms with Crippen molar-refractivity contribution in [2.24, 2.45) is 0 Å². The second-order valence-corrected chi connectivity index (χ2v) is 5.92. The van der Waals surface area contributed by atoms with Crippen LogP contribution in [0.15, 0.2) is 30.5 Å². The highest BCUT2D eigenvalue weighted by Crippen LogP contribution is 2.31. The Bertz CT molecular complexity index is 657. The van der Waals surface area contributed by atoms with Crippen LogP contribution in [0.3, 0.4) is 0 Å². The molecule has 0 radical (unpaired) electrons. The van der Waals surface area contributed by atoms with E-state index in [-0.39, 0.29) is 12.1 Å². The van der Waals surface area contributed by atoms with Crippen molar-refractivity contribution in [2.45, 2.75) is 31.7 Å². The maximum absolute atomic E-state index is 5.96. The molecule has 2 aromatic rings. The quantitative estimate of drug-likeness (QED) is 0.862. The van der Waals surface area contributed by atoms with Gasteiger partial charge in [-0.1, -0.05) is 23.4 Å². The van der Waals surface area contributed by atoms with Crippen molar-refractivity contribution in [3.8, 4) is 5.75 Å². The maximum atomic E-state index is 5.96. The van der Waals surface area contributed by atoms with E-state index in [4.69, 9.17) is 9.47 Å². The number of piperidine rings is 1. The van der Waals surface area contributed by atoms with E-state index in [0.717, 1.165) is 37.5 Å². The molecule has 1 aromatic carbocycles. The number of ether oxygens (including phenoxy) is 2. The molecule has 1 saturated heterocycles. The van der Waals surface area contributed by atoms with Gasteiger partial charge in [-0.3, -0.25) is 4.90 Å². The molecule has 0 N–H and O–H groups in total. The predicted octanol–water partition coefficient (Wildman–Crippen LogP) is 1.63. The number of nitrogens with zero attached hydrogens (tertiary/aromatic N) is 4. The van der Waals surface area contributed by atoms with Gasteiger partial charge in [0.1, 0.15) is 5.75 Å². The molecular weight excluding hydrogens is 280 g/mol. The Morgan fingerprint density at radius 2 is 2.27 bits per heavy atom. The van der Waals surface area contributed by atoms with Gasteiger partial charge in [-0.2, -0.15) is 0 Å². The van der Waals surface area contributed by atoms with Crippen LogP contribution in [0.25, 0.3) is 0 Å². The molecule has 6 nitrogen and oxygen atoms in total. The van der Waals surface area contributed by atoms with Gasteiger partial charge >= 0.3 is 0 Å². The lowest BCUT2D eigenvalue weighted by atomic mass is 9.99. The van der Waals surface area contributed by atoms with Gasteiger partial charge in [-0.15, -0.1) is 5.10 Å². The van der Waals surface area contributed by atoms with E-state index in [1.54, 1.807) is 13.3 Å². The number of hydrogen-bond acceptors (Lipinski definition) is 5. The smallest absolute Gasteiger partial charge is 0.123 e. The van der Waals surface area contributed by atoms with Gasteiger partial charge in [0, 0.05) is 25.2 Å². The van der Waals surface area contributed by atoms with Crippen molar-refractivity contribution in [1.29, 1.82) is 0 Å². The molecule has 6 heteroatoms. The van der Waals surface area contributed by atoms with Crippen molar-refractivity contribution < 1.29 is 9.47 Å². The first-order valence-corrected chi connectivity index (χ1v) is 7.70. The Morgan fingerprint density at radius 3 is 3.18 bits per heavy atom. The van der Waals surface area contributed by atoms with Crippen LogP contribution in [0.2, 0.25) is 0 Å². The first kappa shape index (κ1) is 13.7. The van der Waals surface area contributed by atoms with Crippen LogP contribution in [-0.2, 0) is 17.9 Å². The standard InChI is InChI=1S/C16H20N4O2/c1-21-15-5-3-2-4-12(15)9-19-7-6-16-14(10-19)20-13(11-22-16)8-17-18-20/h2-5,8,14,16H,6-7,9-11H2,1H3. The Labute approximate surface area is 129 Å². The van der Waals surface area contributed by atoms with Crippen molar-refractivity contribution >= 4 is 0 Å². The Morgan fingerprint density at radius 1 is 1.36 bits per heavy atom. The molecule has 4 rings (SSSR count). The normalized spacial score (nSPS) is 24.6. The minimum atomic E-state index is 0.253. The number of rotatable bonds is 3. The van der Waals surface area contributed by atoms with E-state index in [9.17, 15) is 0 Å². The molecule has 0 saturated carbocycles. The van der Waals surface area contributed by atoms with Gasteiger partial charge in [0.05, 0.1) is 37.8 Å². The highest BCUT2D eigenvalue weighted by atomic mass is 16.5. The first-order valence-electron chi connectivity index (χ1n) is 7.70. The molecule has 0 spiro atoms. The number of hydrogen-bond donors (Lipinski definition) is 0. The molecule has 2 aliphatic rings. The van der Waals surface area contributed by atoms with Crippen molar-refractivity contribution in [3.05, 3.63) is 41.7 Å². The second-order valence-electron chi connectivity index (χ2n) is 5.92. The summed E-state index contributed by atoms with van der Waals surface area (Å²) in [6.45, 7) is 3.47. The zero-order chi connectivity index (χ0) is 14.9. The van der Waals surface area contributed by atoms with Crippen LogP contribution < -0.4 is 4.74 Å². The van der Waals surface area contributed by atoms with Crippen LogP contribution in [0.5, 0.6) is 5.75 Å². The van der Waals surface area contributed by atoms with Gasteiger partial charge in [0.25, 0.3) is 0 Å². The lowest BCUT2D eigenvalue weighted by Crippen LogP contribution is -2.47. The van der Waals surface area contributed by atoms with Crippen LogP contribution in [0, 0.1) is 0 Å². The largest absolute Gasteiger partial charge is 0.496 e. The summed E-state index contributed by atoms with van der Waals surface area (Å²) >= 11 is 0. The number of para-hydroxylation sites is 1. The van der Waals surface area contributed by atoms with E-state index < -0.39 is 0 Å². The molecule has 2 aliphatic heterocycles. The molecule has 0 bridgehead atoms. The van der Waals surface area contributed by atoms with Crippen molar-refractivity contribution in [2.75, 3.05) is 20.2 Å². The third kappa shape index (κ3) is 2.38. The average molecular weight is 300 g/mol. The summed E-state index contributed by atoms with van der Waals surface area (Å²) in [5, 5.41) is 8.28. The van der Waals surface area contributed by atoms with E-state index in [1.165, 1.54) is 5.56 Å². The third-order valence-electron chi connectivity index (χ3n) is 4.60. The zero-order valence-electron chi connectivity index (χ0n) is 12.7. The van der Waals surface area contributed by atoms with E-state index >= 15 is 0 Å². The molecular formula is C16H20N4O2. The SMILES string of the molecule is COc1ccccc1CN1CCC2OCc3cnnn3C2C1. The Balaban J connectivity index is 1.52. The molecule has 2 atom stereocenters. The molecule has 2 unspecified atom stereocenters. The zero-order valence-corrected chi connectivity index (χ0v) is 12.7. The highest BCUT2D eigenvalue weighted by molar-refractivity contribution is 5.33. The lowest BCUT2D eigenvalue weighted by molar-refractivity contribution is -0.0670. The summed E-state index contributed by atoms with van der Waals surface area (Å²) in [6, 6.07) is 8.47. The molecule has 1 aromatic heterocycles. The fourth-order valence-corrected chi connectivity index (χ4v) is 3.46. The van der Waals surface area contributed by atoms with Gasteiger partial charge in [0.2, 0.25) is 0 Å². The van der Waals surface area contributed by atoms with Crippen LogP contribution in [0.4, 0.5) is 0 Å². The second kappa shape index (κ2) is 5.70. The molecule has 116 valence electrons. The van der Waals surface area contributed by atoms with E-state index in [0.29, 0.717) is 6.61 Å². The van der Waals surface area contributed by atoms with Crippen LogP contribution >= 0.6 is 0 Å². The number of likely N-dealkylation sites (tertiary alicyclic amines) is 1. The summed E-state index contributed by atoms with van der Waals surface area (Å²) in [4.78, 5) is 2.44. The van der Waals surface area contributed by atoms with Gasteiger partial charge < -0.3 is 9.47 Å². The fourth-order valence-electron chi connectivity index (χ4n) is 3.46. The predicted molar refractivity (Wildman–Crippen MR) is 80.5 cm³/mol. The minimum absolute atomic E-state index is 0.253. The van der Waals surface area contributed by atoms with Crippen molar-refractivity contribution in [1.82, 2.24) is 19.9 Å². The molecule has 1 fully saturated rings. The molecule has 0 amide bonds. The monoisotopic (exact) mass is 300 g/mol.